The summed E-state index contributed by atoms with van der Waals surface area (Å²) in [6, 6.07) is 20.3. The minimum absolute atomic E-state index is 0.299. The summed E-state index contributed by atoms with van der Waals surface area (Å²) in [5, 5.41) is 0. The fourth-order valence-corrected chi connectivity index (χ4v) is 6.34. The molecule has 4 rings (SSSR count). The predicted molar refractivity (Wildman–Crippen MR) is 90.8 cm³/mol. The molecule has 1 saturated carbocycles. The van der Waals surface area contributed by atoms with Crippen LogP contribution in [0.3, 0.4) is 0 Å². The molecule has 0 radical (unpaired) electrons. The van der Waals surface area contributed by atoms with Gasteiger partial charge in [-0.25, -0.2) is 0 Å². The minimum atomic E-state index is 0.299. The Morgan fingerprint density at radius 1 is 0.952 bits per heavy atom. The van der Waals surface area contributed by atoms with Gasteiger partial charge in [-0.2, -0.15) is 0 Å². The van der Waals surface area contributed by atoms with Gasteiger partial charge in [0.25, 0.3) is 0 Å². The van der Waals surface area contributed by atoms with E-state index < -0.39 is 0 Å². The molecule has 108 valence electrons. The van der Waals surface area contributed by atoms with Crippen molar-refractivity contribution < 1.29 is 0 Å². The van der Waals surface area contributed by atoms with Gasteiger partial charge in [0.05, 0.1) is 0 Å². The topological polar surface area (TPSA) is 0 Å². The molecule has 2 aliphatic rings. The summed E-state index contributed by atoms with van der Waals surface area (Å²) in [6.45, 7) is 2.45. The maximum Gasteiger partial charge on any atom is 0.0489 e. The van der Waals surface area contributed by atoms with Gasteiger partial charge in [-0.1, -0.05) is 68.3 Å². The van der Waals surface area contributed by atoms with E-state index in [2.05, 4.69) is 73.3 Å². The van der Waals surface area contributed by atoms with Crippen LogP contribution in [0.1, 0.15) is 49.7 Å². The average Bonchev–Trinajstić information content (AvgIpc) is 2.56. The Morgan fingerprint density at radius 3 is 2.57 bits per heavy atom. The van der Waals surface area contributed by atoms with E-state index in [1.165, 1.54) is 30.6 Å². The van der Waals surface area contributed by atoms with Crippen LogP contribution < -0.4 is 0 Å². The van der Waals surface area contributed by atoms with E-state index in [1.54, 1.807) is 11.1 Å². The Bertz CT molecular complexity index is 633. The lowest BCUT2D eigenvalue weighted by atomic mass is 9.67. The van der Waals surface area contributed by atoms with Crippen LogP contribution in [0.25, 0.3) is 0 Å². The highest BCUT2D eigenvalue weighted by Crippen LogP contribution is 2.62. The number of benzene rings is 2. The first-order chi connectivity index (χ1) is 10.3. The third kappa shape index (κ3) is 2.05. The zero-order valence-corrected chi connectivity index (χ0v) is 13.4. The van der Waals surface area contributed by atoms with E-state index in [4.69, 9.17) is 0 Å². The normalized spacial score (nSPS) is 31.3. The molecule has 2 aromatic rings. The van der Waals surface area contributed by atoms with Crippen LogP contribution in [0.2, 0.25) is 0 Å². The Morgan fingerprint density at radius 2 is 1.71 bits per heavy atom. The van der Waals surface area contributed by atoms with Gasteiger partial charge in [0, 0.05) is 9.64 Å². The largest absolute Gasteiger partial charge is 0.114 e. The molecule has 1 heteroatoms. The average molecular weight is 294 g/mol. The molecule has 3 atom stereocenters. The molecular formula is C20H22S. The number of fused-ring (bicyclic) bond motifs is 2. The second-order valence-electron chi connectivity index (χ2n) is 6.54. The highest BCUT2D eigenvalue weighted by molar-refractivity contribution is 8.00. The smallest absolute Gasteiger partial charge is 0.0489 e. The van der Waals surface area contributed by atoms with Crippen LogP contribution in [-0.2, 0) is 4.75 Å². The van der Waals surface area contributed by atoms with Crippen molar-refractivity contribution in [3.8, 4) is 0 Å². The maximum atomic E-state index is 2.45. The predicted octanol–water partition coefficient (Wildman–Crippen LogP) is 5.98. The van der Waals surface area contributed by atoms with Crippen LogP contribution in [0.5, 0.6) is 0 Å². The van der Waals surface area contributed by atoms with Crippen LogP contribution in [0.15, 0.2) is 59.5 Å². The monoisotopic (exact) mass is 294 g/mol. The molecule has 21 heavy (non-hydrogen) atoms. The molecule has 2 aromatic carbocycles. The van der Waals surface area contributed by atoms with Crippen LogP contribution in [0, 0.1) is 5.92 Å². The molecule has 0 amide bonds. The van der Waals surface area contributed by atoms with Crippen LogP contribution in [0.4, 0.5) is 0 Å². The fraction of sp³-hybridized carbons (Fsp3) is 0.400. The van der Waals surface area contributed by atoms with Gasteiger partial charge in [0.15, 0.2) is 0 Å². The van der Waals surface area contributed by atoms with Crippen molar-refractivity contribution in [1.82, 2.24) is 0 Å². The van der Waals surface area contributed by atoms with Gasteiger partial charge < -0.3 is 0 Å². The molecule has 3 unspecified atom stereocenters. The number of hydrogen-bond donors (Lipinski definition) is 0. The molecule has 1 heterocycles. The van der Waals surface area contributed by atoms with Gasteiger partial charge in [0.1, 0.15) is 0 Å². The Hall–Kier alpha value is -1.21. The van der Waals surface area contributed by atoms with E-state index in [1.807, 2.05) is 0 Å². The van der Waals surface area contributed by atoms with E-state index in [9.17, 15) is 0 Å². The summed E-state index contributed by atoms with van der Waals surface area (Å²) >= 11 is 2.15. The van der Waals surface area contributed by atoms with Crippen molar-refractivity contribution in [3.63, 3.8) is 0 Å². The summed E-state index contributed by atoms with van der Waals surface area (Å²) in [4.78, 5) is 1.51. The Balaban J connectivity index is 1.88. The summed E-state index contributed by atoms with van der Waals surface area (Å²) in [5.74, 6) is 1.44. The summed E-state index contributed by atoms with van der Waals surface area (Å²) in [5.41, 5.74) is 3.11. The molecule has 1 fully saturated rings. The van der Waals surface area contributed by atoms with Crippen LogP contribution >= 0.6 is 11.8 Å². The number of hydrogen-bond acceptors (Lipinski definition) is 1. The molecule has 0 aromatic heterocycles. The van der Waals surface area contributed by atoms with Crippen molar-refractivity contribution in [2.24, 2.45) is 5.92 Å². The van der Waals surface area contributed by atoms with E-state index in [-0.39, 0.29) is 0 Å². The molecule has 0 nitrogen and oxygen atoms in total. The quantitative estimate of drug-likeness (QED) is 0.623. The third-order valence-corrected chi connectivity index (χ3v) is 7.18. The summed E-state index contributed by atoms with van der Waals surface area (Å²) in [7, 11) is 0. The second kappa shape index (κ2) is 5.21. The molecular weight excluding hydrogens is 272 g/mol. The van der Waals surface area contributed by atoms with E-state index in [0.717, 1.165) is 5.92 Å². The van der Waals surface area contributed by atoms with E-state index >= 15 is 0 Å². The Labute approximate surface area is 132 Å². The van der Waals surface area contributed by atoms with E-state index in [0.29, 0.717) is 10.7 Å². The zero-order valence-electron chi connectivity index (χ0n) is 12.6. The molecule has 1 aliphatic carbocycles. The lowest BCUT2D eigenvalue weighted by Crippen LogP contribution is -2.40. The molecule has 0 bridgehead atoms. The molecule has 1 aliphatic heterocycles. The Kier molecular flexibility index (Phi) is 3.34. The van der Waals surface area contributed by atoms with Gasteiger partial charge >= 0.3 is 0 Å². The van der Waals surface area contributed by atoms with Crippen molar-refractivity contribution in [1.29, 1.82) is 0 Å². The third-order valence-electron chi connectivity index (χ3n) is 5.48. The van der Waals surface area contributed by atoms with Gasteiger partial charge in [-0.3, -0.25) is 0 Å². The van der Waals surface area contributed by atoms with Crippen LogP contribution in [-0.4, -0.2) is 0 Å². The standard InChI is InChI=1S/C20H22S/c1-15-17-11-5-6-13-19(17)21-20(14-8-7-12-18(15)20)16-9-3-2-4-10-16/h2-6,9-11,13,15,18H,7-8,12,14H2,1H3. The highest BCUT2D eigenvalue weighted by atomic mass is 32.2. The SMILES string of the molecule is CC1c2ccccc2SC2(c3ccccc3)CCCCC12. The first kappa shape index (κ1) is 13.5. The minimum Gasteiger partial charge on any atom is -0.114 e. The number of thioether (sulfide) groups is 1. The van der Waals surface area contributed by atoms with Gasteiger partial charge in [-0.05, 0) is 41.9 Å². The highest BCUT2D eigenvalue weighted by Gasteiger charge is 2.48. The van der Waals surface area contributed by atoms with Crippen molar-refractivity contribution in [2.75, 3.05) is 0 Å². The molecule has 0 spiro atoms. The zero-order chi connectivity index (χ0) is 14.3. The van der Waals surface area contributed by atoms with Crippen molar-refractivity contribution in [2.45, 2.75) is 48.2 Å². The molecule has 0 saturated heterocycles. The van der Waals surface area contributed by atoms with Gasteiger partial charge in [-0.15, -0.1) is 11.8 Å². The van der Waals surface area contributed by atoms with Gasteiger partial charge in [0.2, 0.25) is 0 Å². The fourth-order valence-electron chi connectivity index (χ4n) is 4.45. The van der Waals surface area contributed by atoms with Crippen molar-refractivity contribution in [3.05, 3.63) is 65.7 Å². The van der Waals surface area contributed by atoms with Crippen molar-refractivity contribution >= 4 is 11.8 Å². The second-order valence-corrected chi connectivity index (χ2v) is 7.91. The summed E-state index contributed by atoms with van der Waals surface area (Å²) in [6.07, 6.45) is 5.46. The first-order valence-corrected chi connectivity index (χ1v) is 8.96. The lowest BCUT2D eigenvalue weighted by molar-refractivity contribution is 0.234. The lowest BCUT2D eigenvalue weighted by Gasteiger charge is -2.50. The first-order valence-electron chi connectivity index (χ1n) is 8.15. The number of rotatable bonds is 1. The maximum absolute atomic E-state index is 2.45. The molecule has 0 N–H and O–H groups in total. The summed E-state index contributed by atoms with van der Waals surface area (Å²) < 4.78 is 0.299.